The molecule has 2 saturated heterocycles. The Morgan fingerprint density at radius 1 is 1.17 bits per heavy atom. The Morgan fingerprint density at radius 3 is 2.83 bits per heavy atom. The van der Waals surface area contributed by atoms with Crippen molar-refractivity contribution in [2.45, 2.75) is 6.42 Å². The summed E-state index contributed by atoms with van der Waals surface area (Å²) in [6.45, 7) is 7.76. The molecule has 2 fully saturated rings. The number of hydrogen-bond acceptors (Lipinski definition) is 4. The summed E-state index contributed by atoms with van der Waals surface area (Å²) in [7, 11) is 0. The van der Waals surface area contributed by atoms with Crippen LogP contribution in [0.3, 0.4) is 0 Å². The van der Waals surface area contributed by atoms with Crippen LogP contribution in [0.15, 0.2) is 4.99 Å². The second-order valence-corrected chi connectivity index (χ2v) is 5.87. The smallest absolute Gasteiger partial charge is 0.191 e. The molecule has 0 radical (unpaired) electrons. The van der Waals surface area contributed by atoms with Gasteiger partial charge in [0.1, 0.15) is 0 Å². The molecular formula is C12H24N4OS. The molecule has 0 aromatic rings. The Bertz CT molecular complexity index is 261. The van der Waals surface area contributed by atoms with Crippen LogP contribution in [0.25, 0.3) is 0 Å². The Kier molecular flexibility index (Phi) is 6.10. The monoisotopic (exact) mass is 272 g/mol. The molecule has 104 valence electrons. The number of aliphatic imine (C=N–C) groups is 1. The quantitative estimate of drug-likeness (QED) is 0.582. The van der Waals surface area contributed by atoms with Crippen molar-refractivity contribution in [3.8, 4) is 0 Å². The van der Waals surface area contributed by atoms with E-state index in [0.717, 1.165) is 64.9 Å². The number of hydrogen-bond donors (Lipinski definition) is 1. The number of guanidine groups is 1. The van der Waals surface area contributed by atoms with Gasteiger partial charge in [0.25, 0.3) is 0 Å². The Hall–Kier alpha value is -0.460. The van der Waals surface area contributed by atoms with Gasteiger partial charge in [-0.3, -0.25) is 9.89 Å². The van der Waals surface area contributed by atoms with E-state index in [-0.39, 0.29) is 0 Å². The Labute approximate surface area is 114 Å². The lowest BCUT2D eigenvalue weighted by atomic mass is 10.4. The molecule has 18 heavy (non-hydrogen) atoms. The zero-order chi connectivity index (χ0) is 12.6. The van der Waals surface area contributed by atoms with Crippen LogP contribution in [0.5, 0.6) is 0 Å². The minimum absolute atomic E-state index is 0.723. The minimum Gasteiger partial charge on any atom is -0.380 e. The van der Waals surface area contributed by atoms with E-state index in [2.05, 4.69) is 14.8 Å². The largest absolute Gasteiger partial charge is 0.380 e. The third-order valence-corrected chi connectivity index (χ3v) is 4.28. The predicted molar refractivity (Wildman–Crippen MR) is 77.3 cm³/mol. The van der Waals surface area contributed by atoms with Crippen molar-refractivity contribution in [2.75, 3.05) is 64.0 Å². The van der Waals surface area contributed by atoms with Crippen molar-refractivity contribution < 1.29 is 4.74 Å². The summed E-state index contributed by atoms with van der Waals surface area (Å²) in [5.41, 5.74) is 6.02. The average Bonchev–Trinajstić information content (AvgIpc) is 2.68. The molecule has 0 amide bonds. The van der Waals surface area contributed by atoms with Crippen molar-refractivity contribution in [3.63, 3.8) is 0 Å². The standard InChI is InChI=1S/C12H24N4OS/c13-12(16-6-10-18-11-7-16)14-2-4-15-3-1-8-17-9-5-15/h1-11H2,(H2,13,14). The fourth-order valence-electron chi connectivity index (χ4n) is 2.22. The lowest BCUT2D eigenvalue weighted by molar-refractivity contribution is 0.142. The highest BCUT2D eigenvalue weighted by molar-refractivity contribution is 7.99. The molecule has 5 nitrogen and oxygen atoms in total. The highest BCUT2D eigenvalue weighted by atomic mass is 32.2. The van der Waals surface area contributed by atoms with Crippen LogP contribution in [0.1, 0.15) is 6.42 Å². The second kappa shape index (κ2) is 7.86. The highest BCUT2D eigenvalue weighted by Gasteiger charge is 2.12. The van der Waals surface area contributed by atoms with E-state index in [1.165, 1.54) is 11.5 Å². The molecule has 0 atom stereocenters. The van der Waals surface area contributed by atoms with Crippen molar-refractivity contribution in [1.82, 2.24) is 9.80 Å². The summed E-state index contributed by atoms with van der Waals surface area (Å²) < 4.78 is 5.43. The molecule has 0 aliphatic carbocycles. The van der Waals surface area contributed by atoms with Crippen LogP contribution in [0.4, 0.5) is 0 Å². The Morgan fingerprint density at radius 2 is 2.00 bits per heavy atom. The molecule has 2 rings (SSSR count). The molecule has 0 bridgehead atoms. The lowest BCUT2D eigenvalue weighted by Gasteiger charge is -2.27. The van der Waals surface area contributed by atoms with Gasteiger partial charge in [0.05, 0.1) is 13.2 Å². The zero-order valence-corrected chi connectivity index (χ0v) is 11.8. The first-order valence-electron chi connectivity index (χ1n) is 6.79. The molecule has 2 N–H and O–H groups in total. The fraction of sp³-hybridized carbons (Fsp3) is 0.917. The fourth-order valence-corrected chi connectivity index (χ4v) is 3.12. The normalized spacial score (nSPS) is 24.0. The van der Waals surface area contributed by atoms with Gasteiger partial charge in [0.2, 0.25) is 0 Å². The second-order valence-electron chi connectivity index (χ2n) is 4.65. The number of nitrogens with zero attached hydrogens (tertiary/aromatic N) is 3. The van der Waals surface area contributed by atoms with E-state index >= 15 is 0 Å². The molecule has 2 aliphatic heterocycles. The summed E-state index contributed by atoms with van der Waals surface area (Å²) >= 11 is 1.99. The molecule has 2 aliphatic rings. The van der Waals surface area contributed by atoms with Crippen LogP contribution in [0, 0.1) is 0 Å². The van der Waals surface area contributed by atoms with E-state index < -0.39 is 0 Å². The molecule has 0 spiro atoms. The van der Waals surface area contributed by atoms with Crippen molar-refractivity contribution in [2.24, 2.45) is 10.7 Å². The van der Waals surface area contributed by atoms with E-state index in [1.807, 2.05) is 11.8 Å². The third-order valence-electron chi connectivity index (χ3n) is 3.34. The average molecular weight is 272 g/mol. The summed E-state index contributed by atoms with van der Waals surface area (Å²) in [6.07, 6.45) is 1.13. The number of nitrogens with two attached hydrogens (primary N) is 1. The Balaban J connectivity index is 1.68. The van der Waals surface area contributed by atoms with E-state index in [4.69, 9.17) is 10.5 Å². The minimum atomic E-state index is 0.723. The number of rotatable bonds is 3. The van der Waals surface area contributed by atoms with Gasteiger partial charge < -0.3 is 15.4 Å². The van der Waals surface area contributed by atoms with Crippen molar-refractivity contribution >= 4 is 17.7 Å². The SMILES string of the molecule is NC(=NCCN1CCCOCC1)N1CCSCC1. The number of ether oxygens (including phenoxy) is 1. The first-order valence-corrected chi connectivity index (χ1v) is 7.94. The number of thioether (sulfide) groups is 1. The van der Waals surface area contributed by atoms with Crippen LogP contribution < -0.4 is 5.73 Å². The molecular weight excluding hydrogens is 248 g/mol. The van der Waals surface area contributed by atoms with Gasteiger partial charge in [-0.05, 0) is 6.42 Å². The van der Waals surface area contributed by atoms with Gasteiger partial charge in [-0.25, -0.2) is 0 Å². The zero-order valence-electron chi connectivity index (χ0n) is 11.0. The van der Waals surface area contributed by atoms with Crippen molar-refractivity contribution in [1.29, 1.82) is 0 Å². The van der Waals surface area contributed by atoms with Gasteiger partial charge in [-0.15, -0.1) is 0 Å². The molecule has 0 unspecified atom stereocenters. The van der Waals surface area contributed by atoms with Gasteiger partial charge in [-0.1, -0.05) is 0 Å². The van der Waals surface area contributed by atoms with E-state index in [1.54, 1.807) is 0 Å². The van der Waals surface area contributed by atoms with Gasteiger partial charge in [0.15, 0.2) is 5.96 Å². The molecule has 2 heterocycles. The third kappa shape index (κ3) is 4.66. The van der Waals surface area contributed by atoms with Crippen LogP contribution >= 0.6 is 11.8 Å². The van der Waals surface area contributed by atoms with E-state index in [0.29, 0.717) is 0 Å². The maximum absolute atomic E-state index is 6.02. The first-order chi connectivity index (χ1) is 8.86. The summed E-state index contributed by atoms with van der Waals surface area (Å²) in [4.78, 5) is 9.11. The van der Waals surface area contributed by atoms with Crippen LogP contribution in [0.2, 0.25) is 0 Å². The topological polar surface area (TPSA) is 54.1 Å². The molecule has 6 heteroatoms. The lowest BCUT2D eigenvalue weighted by Crippen LogP contribution is -2.43. The molecule has 0 aromatic heterocycles. The van der Waals surface area contributed by atoms with Gasteiger partial charge in [-0.2, -0.15) is 11.8 Å². The summed E-state index contributed by atoms with van der Waals surface area (Å²) in [5.74, 6) is 3.06. The first kappa shape index (κ1) is 14.0. The predicted octanol–water partition coefficient (Wildman–Crippen LogP) is 0.0722. The molecule has 0 saturated carbocycles. The van der Waals surface area contributed by atoms with Crippen molar-refractivity contribution in [3.05, 3.63) is 0 Å². The van der Waals surface area contributed by atoms with Gasteiger partial charge in [0, 0.05) is 50.8 Å². The maximum atomic E-state index is 6.02. The molecule has 0 aromatic carbocycles. The van der Waals surface area contributed by atoms with E-state index in [9.17, 15) is 0 Å². The summed E-state index contributed by atoms with van der Waals surface area (Å²) in [6, 6.07) is 0. The van der Waals surface area contributed by atoms with Gasteiger partial charge >= 0.3 is 0 Å². The van der Waals surface area contributed by atoms with Crippen LogP contribution in [-0.2, 0) is 4.74 Å². The highest BCUT2D eigenvalue weighted by Crippen LogP contribution is 2.08. The maximum Gasteiger partial charge on any atom is 0.191 e. The summed E-state index contributed by atoms with van der Waals surface area (Å²) in [5, 5.41) is 0. The van der Waals surface area contributed by atoms with Crippen LogP contribution in [-0.4, -0.2) is 79.7 Å².